The van der Waals surface area contributed by atoms with E-state index in [9.17, 15) is 0 Å². The van der Waals surface area contributed by atoms with Crippen LogP contribution in [0.25, 0.3) is 0 Å². The summed E-state index contributed by atoms with van der Waals surface area (Å²) in [4.78, 5) is 0. The normalized spacial score (nSPS) is 12.8. The number of nitrogens with two attached hydrogens (primary N) is 1. The molecule has 0 bridgehead atoms. The van der Waals surface area contributed by atoms with Crippen LogP contribution in [0.2, 0.25) is 0 Å². The highest BCUT2D eigenvalue weighted by Gasteiger charge is 2.02. The largest absolute Gasteiger partial charge is 0.426 e. The molecule has 0 aromatic carbocycles. The van der Waals surface area contributed by atoms with Gasteiger partial charge in [-0.25, -0.2) is 0 Å². The number of aliphatic hydroxyl groups excluding tert-OH is 2. The molecule has 5 nitrogen and oxygen atoms in total. The molecule has 0 spiro atoms. The van der Waals surface area contributed by atoms with Crippen molar-refractivity contribution >= 4 is 11.8 Å². The second-order valence-electron chi connectivity index (χ2n) is 2.42. The molecule has 12 heavy (non-hydrogen) atoms. The molecule has 5 heteroatoms. The van der Waals surface area contributed by atoms with Gasteiger partial charge in [-0.05, 0) is 0 Å². The van der Waals surface area contributed by atoms with Gasteiger partial charge in [-0.1, -0.05) is 0 Å². The lowest BCUT2D eigenvalue weighted by molar-refractivity contribution is 0.105. The van der Waals surface area contributed by atoms with Crippen molar-refractivity contribution in [3.63, 3.8) is 0 Å². The maximum Gasteiger partial charge on any atom is 0.195 e. The van der Waals surface area contributed by atoms with E-state index in [1.807, 2.05) is 0 Å². The fourth-order valence-corrected chi connectivity index (χ4v) is 0.731. The van der Waals surface area contributed by atoms with Gasteiger partial charge in [0.25, 0.3) is 0 Å². The van der Waals surface area contributed by atoms with E-state index in [0.717, 1.165) is 0 Å². The van der Waals surface area contributed by atoms with Crippen molar-refractivity contribution in [2.24, 2.45) is 0 Å². The van der Waals surface area contributed by atoms with E-state index in [1.54, 1.807) is 12.1 Å². The lowest BCUT2D eigenvalue weighted by Crippen LogP contribution is -2.22. The summed E-state index contributed by atoms with van der Waals surface area (Å²) in [5.74, 6) is 0.802. The second-order valence-corrected chi connectivity index (χ2v) is 2.42. The summed E-state index contributed by atoms with van der Waals surface area (Å²) in [5, 5.41) is 20.2. The minimum atomic E-state index is -0.781. The number of aliphatic hydroxyl groups is 2. The molecular weight excluding hydrogens is 160 g/mol. The minimum absolute atomic E-state index is 0.240. The molecule has 0 aliphatic carbocycles. The maximum absolute atomic E-state index is 8.94. The van der Waals surface area contributed by atoms with Gasteiger partial charge in [-0.15, -0.1) is 0 Å². The van der Waals surface area contributed by atoms with Crippen molar-refractivity contribution in [3.05, 3.63) is 12.1 Å². The average Bonchev–Trinajstić information content (AvgIpc) is 2.47. The van der Waals surface area contributed by atoms with Gasteiger partial charge in [0, 0.05) is 18.7 Å². The number of hydrogen-bond acceptors (Lipinski definition) is 5. The Labute approximate surface area is 69.8 Å². The predicted octanol–water partition coefficient (Wildman–Crippen LogP) is -0.373. The zero-order valence-corrected chi connectivity index (χ0v) is 6.53. The monoisotopic (exact) mass is 172 g/mol. The van der Waals surface area contributed by atoms with Crippen LogP contribution in [0.1, 0.15) is 0 Å². The predicted molar refractivity (Wildman–Crippen MR) is 44.7 cm³/mol. The van der Waals surface area contributed by atoms with Gasteiger partial charge in [0.05, 0.1) is 12.7 Å². The quantitative estimate of drug-likeness (QED) is 0.497. The Morgan fingerprint density at radius 3 is 2.83 bits per heavy atom. The molecule has 0 saturated heterocycles. The Kier molecular flexibility index (Phi) is 2.95. The first-order valence-corrected chi connectivity index (χ1v) is 3.60. The molecule has 1 rings (SSSR count). The van der Waals surface area contributed by atoms with Crippen LogP contribution in [0.4, 0.5) is 11.8 Å². The minimum Gasteiger partial charge on any atom is -0.426 e. The van der Waals surface area contributed by atoms with Crippen LogP contribution < -0.4 is 11.1 Å². The number of anilines is 2. The number of furan rings is 1. The third-order valence-corrected chi connectivity index (χ3v) is 1.35. The highest BCUT2D eigenvalue weighted by atomic mass is 16.4. The summed E-state index contributed by atoms with van der Waals surface area (Å²) in [7, 11) is 0. The maximum atomic E-state index is 8.94. The molecule has 1 aromatic rings. The fraction of sp³-hybridized carbons (Fsp3) is 0.429. The van der Waals surface area contributed by atoms with Crippen molar-refractivity contribution in [1.82, 2.24) is 0 Å². The molecule has 0 amide bonds. The zero-order chi connectivity index (χ0) is 8.97. The van der Waals surface area contributed by atoms with Crippen molar-refractivity contribution in [1.29, 1.82) is 0 Å². The third-order valence-electron chi connectivity index (χ3n) is 1.35. The van der Waals surface area contributed by atoms with Gasteiger partial charge < -0.3 is 25.7 Å². The molecule has 1 aromatic heterocycles. The number of hydrogen-bond donors (Lipinski definition) is 4. The van der Waals surface area contributed by atoms with Crippen LogP contribution in [-0.4, -0.2) is 29.5 Å². The molecular formula is C7H12N2O3. The molecule has 1 heterocycles. The number of nitrogen functional groups attached to an aromatic ring is 1. The van der Waals surface area contributed by atoms with E-state index in [1.165, 1.54) is 0 Å². The van der Waals surface area contributed by atoms with Crippen molar-refractivity contribution in [2.45, 2.75) is 6.10 Å². The molecule has 0 aliphatic heterocycles. The highest BCUT2D eigenvalue weighted by molar-refractivity contribution is 5.39. The Morgan fingerprint density at radius 2 is 2.33 bits per heavy atom. The first-order valence-electron chi connectivity index (χ1n) is 3.60. The molecule has 68 valence electrons. The van der Waals surface area contributed by atoms with Crippen LogP contribution in [0.3, 0.4) is 0 Å². The molecule has 5 N–H and O–H groups in total. The average molecular weight is 172 g/mol. The van der Waals surface area contributed by atoms with Crippen LogP contribution in [-0.2, 0) is 0 Å². The fourth-order valence-electron chi connectivity index (χ4n) is 0.731. The standard InChI is InChI=1S/C7H12N2O3/c8-6-1-2-7(12-6)9-3-5(11)4-10/h1-2,5,9-11H,3-4,8H2. The van der Waals surface area contributed by atoms with E-state index >= 15 is 0 Å². The van der Waals surface area contributed by atoms with Crippen LogP contribution in [0.5, 0.6) is 0 Å². The van der Waals surface area contributed by atoms with E-state index in [2.05, 4.69) is 5.32 Å². The lowest BCUT2D eigenvalue weighted by atomic mass is 10.4. The summed E-state index contributed by atoms with van der Waals surface area (Å²) in [6.07, 6.45) is -0.781. The number of rotatable bonds is 4. The van der Waals surface area contributed by atoms with Crippen molar-refractivity contribution in [2.75, 3.05) is 24.2 Å². The van der Waals surface area contributed by atoms with Gasteiger partial charge in [0.2, 0.25) is 0 Å². The van der Waals surface area contributed by atoms with E-state index in [-0.39, 0.29) is 13.2 Å². The van der Waals surface area contributed by atoms with E-state index in [0.29, 0.717) is 11.8 Å². The second kappa shape index (κ2) is 3.99. The van der Waals surface area contributed by atoms with Crippen molar-refractivity contribution < 1.29 is 14.6 Å². The van der Waals surface area contributed by atoms with Crippen LogP contribution in [0.15, 0.2) is 16.5 Å². The molecule has 0 radical (unpaired) electrons. The number of nitrogens with one attached hydrogen (secondary N) is 1. The lowest BCUT2D eigenvalue weighted by Gasteiger charge is -2.06. The summed E-state index contributed by atoms with van der Waals surface area (Å²) >= 11 is 0. The Balaban J connectivity index is 2.33. The summed E-state index contributed by atoms with van der Waals surface area (Å²) in [6.45, 7) is -0.0351. The molecule has 1 unspecified atom stereocenters. The summed E-state index contributed by atoms with van der Waals surface area (Å²) < 4.78 is 4.95. The first-order chi connectivity index (χ1) is 5.72. The van der Waals surface area contributed by atoms with E-state index < -0.39 is 6.10 Å². The van der Waals surface area contributed by atoms with Crippen LogP contribution in [0, 0.1) is 0 Å². The molecule has 0 fully saturated rings. The third kappa shape index (κ3) is 2.44. The van der Waals surface area contributed by atoms with Gasteiger partial charge in [0.1, 0.15) is 0 Å². The Bertz CT molecular complexity index is 236. The van der Waals surface area contributed by atoms with Gasteiger partial charge in [0.15, 0.2) is 11.8 Å². The summed E-state index contributed by atoms with van der Waals surface area (Å²) in [5.41, 5.74) is 5.30. The smallest absolute Gasteiger partial charge is 0.195 e. The highest BCUT2D eigenvalue weighted by Crippen LogP contribution is 2.13. The zero-order valence-electron chi connectivity index (χ0n) is 6.53. The SMILES string of the molecule is Nc1ccc(NCC(O)CO)o1. The van der Waals surface area contributed by atoms with Crippen molar-refractivity contribution in [3.8, 4) is 0 Å². The Hall–Kier alpha value is -1.20. The topological polar surface area (TPSA) is 91.7 Å². The Morgan fingerprint density at radius 1 is 1.58 bits per heavy atom. The van der Waals surface area contributed by atoms with E-state index in [4.69, 9.17) is 20.4 Å². The van der Waals surface area contributed by atoms with Crippen LogP contribution >= 0.6 is 0 Å². The molecule has 1 atom stereocenters. The summed E-state index contributed by atoms with van der Waals surface area (Å²) in [6, 6.07) is 3.26. The molecule has 0 aliphatic rings. The first kappa shape index (κ1) is 8.89. The molecule has 0 saturated carbocycles. The van der Waals surface area contributed by atoms with Gasteiger partial charge in [-0.3, -0.25) is 0 Å². The van der Waals surface area contributed by atoms with Gasteiger partial charge >= 0.3 is 0 Å². The van der Waals surface area contributed by atoms with Gasteiger partial charge in [-0.2, -0.15) is 0 Å².